The van der Waals surface area contributed by atoms with Gasteiger partial charge in [-0.15, -0.1) is 5.73 Å². The molecule has 0 aliphatic heterocycles. The van der Waals surface area contributed by atoms with E-state index in [4.69, 9.17) is 11.6 Å². The van der Waals surface area contributed by atoms with Crippen LogP contribution >= 0.6 is 11.6 Å². The molecular formula is C16H16ClNO. The highest BCUT2D eigenvalue weighted by Gasteiger charge is 2.35. The highest BCUT2D eigenvalue weighted by Crippen LogP contribution is 2.33. The number of carbonyl (C=O) groups is 1. The normalized spacial score (nSPS) is 13.6. The molecule has 19 heavy (non-hydrogen) atoms. The van der Waals surface area contributed by atoms with Crippen LogP contribution in [0, 0.1) is 0 Å². The van der Waals surface area contributed by atoms with E-state index in [9.17, 15) is 4.79 Å². The van der Waals surface area contributed by atoms with E-state index in [-0.39, 0.29) is 11.9 Å². The molecule has 0 bridgehead atoms. The van der Waals surface area contributed by atoms with Crippen LogP contribution in [0.3, 0.4) is 0 Å². The number of rotatable bonds is 4. The first-order valence-electron chi connectivity index (χ1n) is 6.21. The number of nitrogens with zero attached hydrogens (tertiary/aromatic N) is 1. The lowest BCUT2D eigenvalue weighted by Gasteiger charge is -2.23. The average molecular weight is 274 g/mol. The molecule has 0 radical (unpaired) electrons. The lowest BCUT2D eigenvalue weighted by atomic mass is 10.1. The van der Waals surface area contributed by atoms with Crippen LogP contribution < -0.4 is 0 Å². The van der Waals surface area contributed by atoms with Crippen molar-refractivity contribution in [1.82, 2.24) is 4.90 Å². The van der Waals surface area contributed by atoms with Crippen LogP contribution in [0.1, 0.15) is 35.7 Å². The number of carbonyl (C=O) groups excluding carboxylic acids is 1. The molecule has 1 aromatic rings. The second-order valence-corrected chi connectivity index (χ2v) is 4.98. The Morgan fingerprint density at radius 1 is 1.53 bits per heavy atom. The number of hydrogen-bond donors (Lipinski definition) is 0. The molecule has 0 unspecified atom stereocenters. The predicted molar refractivity (Wildman–Crippen MR) is 79.1 cm³/mol. The summed E-state index contributed by atoms with van der Waals surface area (Å²) < 4.78 is 0. The van der Waals surface area contributed by atoms with E-state index in [0.29, 0.717) is 10.6 Å². The molecule has 1 aromatic carbocycles. The Hall–Kier alpha value is -1.76. The molecule has 98 valence electrons. The van der Waals surface area contributed by atoms with Crippen LogP contribution in [0.15, 0.2) is 42.8 Å². The van der Waals surface area contributed by atoms with Gasteiger partial charge in [0.15, 0.2) is 0 Å². The van der Waals surface area contributed by atoms with Crippen LogP contribution in [0.5, 0.6) is 0 Å². The molecule has 3 heteroatoms. The molecule has 1 fully saturated rings. The standard InChI is InChI=1S/C16H16ClNO/c1-4-11(3)18(13-9-10-13)16(19)15-12(5-2)7-6-8-14(15)17/h5-8,13H,1-2,9-10H2,3H3. The second kappa shape index (κ2) is 5.48. The number of benzene rings is 1. The van der Waals surface area contributed by atoms with E-state index in [1.54, 1.807) is 17.0 Å². The topological polar surface area (TPSA) is 20.3 Å². The van der Waals surface area contributed by atoms with Gasteiger partial charge in [-0.1, -0.05) is 43.0 Å². The molecule has 2 nitrogen and oxygen atoms in total. The number of allylic oxidation sites excluding steroid dienone is 1. The maximum absolute atomic E-state index is 12.7. The summed E-state index contributed by atoms with van der Waals surface area (Å²) in [4.78, 5) is 14.5. The third kappa shape index (κ3) is 2.65. The highest BCUT2D eigenvalue weighted by molar-refractivity contribution is 6.34. The molecule has 0 heterocycles. The van der Waals surface area contributed by atoms with E-state index in [1.807, 2.05) is 19.1 Å². The fourth-order valence-corrected chi connectivity index (χ4v) is 2.33. The van der Waals surface area contributed by atoms with Gasteiger partial charge in [0.1, 0.15) is 0 Å². The van der Waals surface area contributed by atoms with Crippen molar-refractivity contribution in [2.24, 2.45) is 0 Å². The molecule has 0 atom stereocenters. The van der Waals surface area contributed by atoms with Gasteiger partial charge in [0.25, 0.3) is 5.91 Å². The summed E-state index contributed by atoms with van der Waals surface area (Å²) in [5.41, 5.74) is 4.79. The van der Waals surface area contributed by atoms with Crippen molar-refractivity contribution >= 4 is 23.6 Å². The van der Waals surface area contributed by atoms with Crippen molar-refractivity contribution in [2.45, 2.75) is 25.8 Å². The Labute approximate surface area is 118 Å². The van der Waals surface area contributed by atoms with Gasteiger partial charge in [0.05, 0.1) is 16.3 Å². The van der Waals surface area contributed by atoms with E-state index < -0.39 is 0 Å². The van der Waals surface area contributed by atoms with Crippen LogP contribution in [0.25, 0.3) is 6.08 Å². The van der Waals surface area contributed by atoms with Crippen LogP contribution in [-0.2, 0) is 0 Å². The summed E-state index contributed by atoms with van der Waals surface area (Å²) in [5.74, 6) is -0.100. The fraction of sp³-hybridized carbons (Fsp3) is 0.250. The van der Waals surface area contributed by atoms with Crippen molar-refractivity contribution in [3.05, 3.63) is 58.9 Å². The molecule has 0 saturated heterocycles. The molecule has 1 aliphatic carbocycles. The first kappa shape index (κ1) is 13.7. The van der Waals surface area contributed by atoms with Gasteiger partial charge in [-0.3, -0.25) is 4.79 Å². The van der Waals surface area contributed by atoms with E-state index in [0.717, 1.165) is 24.1 Å². The van der Waals surface area contributed by atoms with E-state index >= 15 is 0 Å². The Morgan fingerprint density at radius 3 is 2.74 bits per heavy atom. The Morgan fingerprint density at radius 2 is 2.21 bits per heavy atom. The summed E-state index contributed by atoms with van der Waals surface area (Å²) >= 11 is 6.18. The first-order chi connectivity index (χ1) is 9.10. The summed E-state index contributed by atoms with van der Waals surface area (Å²) in [5, 5.41) is 0.449. The number of halogens is 1. The summed E-state index contributed by atoms with van der Waals surface area (Å²) in [6.45, 7) is 9.20. The first-order valence-corrected chi connectivity index (χ1v) is 6.59. The monoisotopic (exact) mass is 273 g/mol. The molecule has 0 aromatic heterocycles. The van der Waals surface area contributed by atoms with Gasteiger partial charge in [0.2, 0.25) is 0 Å². The molecule has 1 aliphatic rings. The van der Waals surface area contributed by atoms with Crippen LogP contribution in [0.4, 0.5) is 0 Å². The largest absolute Gasteiger partial charge is 0.302 e. The van der Waals surface area contributed by atoms with Gasteiger partial charge >= 0.3 is 0 Å². The summed E-state index contributed by atoms with van der Waals surface area (Å²) in [6, 6.07) is 5.62. The quantitative estimate of drug-likeness (QED) is 0.750. The predicted octanol–water partition coefficient (Wildman–Crippen LogP) is 4.28. The Bertz CT molecular complexity index is 580. The smallest absolute Gasteiger partial charge is 0.260 e. The van der Waals surface area contributed by atoms with Crippen molar-refractivity contribution in [3.63, 3.8) is 0 Å². The molecule has 1 amide bonds. The molecule has 0 spiro atoms. The van der Waals surface area contributed by atoms with Gasteiger partial charge < -0.3 is 4.90 Å². The number of hydrogen-bond acceptors (Lipinski definition) is 1. The second-order valence-electron chi connectivity index (χ2n) is 4.58. The molecule has 1 saturated carbocycles. The van der Waals surface area contributed by atoms with Gasteiger partial charge in [-0.2, -0.15) is 0 Å². The lowest BCUT2D eigenvalue weighted by Crippen LogP contribution is -2.31. The van der Waals surface area contributed by atoms with Gasteiger partial charge in [-0.05, 0) is 31.4 Å². The fourth-order valence-electron chi connectivity index (χ4n) is 2.07. The van der Waals surface area contributed by atoms with Crippen molar-refractivity contribution < 1.29 is 4.79 Å². The summed E-state index contributed by atoms with van der Waals surface area (Å²) in [6.07, 6.45) is 3.68. The van der Waals surface area contributed by atoms with Crippen LogP contribution in [-0.4, -0.2) is 16.8 Å². The molecular weight excluding hydrogens is 258 g/mol. The minimum atomic E-state index is -0.100. The zero-order chi connectivity index (χ0) is 14.0. The maximum Gasteiger partial charge on any atom is 0.260 e. The molecule has 0 N–H and O–H groups in total. The lowest BCUT2D eigenvalue weighted by molar-refractivity contribution is 0.0797. The SMILES string of the molecule is C=C=C(C)N(C(=O)c1c(Cl)cccc1C=C)C1CC1. The van der Waals surface area contributed by atoms with Crippen LogP contribution in [0.2, 0.25) is 5.02 Å². The maximum atomic E-state index is 12.7. The minimum Gasteiger partial charge on any atom is -0.302 e. The zero-order valence-electron chi connectivity index (χ0n) is 10.9. The minimum absolute atomic E-state index is 0.100. The zero-order valence-corrected chi connectivity index (χ0v) is 11.7. The third-order valence-electron chi connectivity index (χ3n) is 3.23. The van der Waals surface area contributed by atoms with Gasteiger partial charge in [-0.25, -0.2) is 0 Å². The molecule has 2 rings (SSSR count). The van der Waals surface area contributed by atoms with Gasteiger partial charge in [0, 0.05) is 6.04 Å². The highest BCUT2D eigenvalue weighted by atomic mass is 35.5. The van der Waals surface area contributed by atoms with E-state index in [2.05, 4.69) is 18.9 Å². The number of amides is 1. The van der Waals surface area contributed by atoms with Crippen molar-refractivity contribution in [3.8, 4) is 0 Å². The average Bonchev–Trinajstić information content (AvgIpc) is 3.22. The third-order valence-corrected chi connectivity index (χ3v) is 3.54. The Balaban J connectivity index is 2.48. The van der Waals surface area contributed by atoms with Crippen molar-refractivity contribution in [2.75, 3.05) is 0 Å². The van der Waals surface area contributed by atoms with Crippen molar-refractivity contribution in [1.29, 1.82) is 0 Å². The Kier molecular flexibility index (Phi) is 3.94. The summed E-state index contributed by atoms with van der Waals surface area (Å²) in [7, 11) is 0. The van der Waals surface area contributed by atoms with E-state index in [1.165, 1.54) is 0 Å².